The Kier molecular flexibility index (Phi) is 4.00. The Hall–Kier alpha value is -1.80. The van der Waals surface area contributed by atoms with Crippen molar-refractivity contribution in [2.24, 2.45) is 0 Å². The summed E-state index contributed by atoms with van der Waals surface area (Å²) in [6.45, 7) is 0.924. The first-order valence-corrected chi connectivity index (χ1v) is 6.21. The molecule has 0 aromatic heterocycles. The molecule has 0 fully saturated rings. The third-order valence-corrected chi connectivity index (χ3v) is 2.95. The van der Waals surface area contributed by atoms with E-state index in [9.17, 15) is 0 Å². The minimum Gasteiger partial charge on any atom is -0.399 e. The van der Waals surface area contributed by atoms with Crippen LogP contribution in [-0.4, -0.2) is 19.0 Å². The maximum absolute atomic E-state index is 5.88. The SMILES string of the molecule is CN(C)Cc1cc(N)ccc1Cc1ccccc1. The summed E-state index contributed by atoms with van der Waals surface area (Å²) in [6, 6.07) is 16.7. The van der Waals surface area contributed by atoms with Crippen molar-refractivity contribution in [3.8, 4) is 0 Å². The molecule has 0 aliphatic rings. The molecule has 0 atom stereocenters. The predicted octanol–water partition coefficient (Wildman–Crippen LogP) is 2.92. The fourth-order valence-corrected chi connectivity index (χ4v) is 2.12. The van der Waals surface area contributed by atoms with Gasteiger partial charge in [0.25, 0.3) is 0 Å². The molecule has 2 aromatic carbocycles. The third-order valence-electron chi connectivity index (χ3n) is 2.95. The fourth-order valence-electron chi connectivity index (χ4n) is 2.12. The molecule has 2 heteroatoms. The van der Waals surface area contributed by atoms with Crippen molar-refractivity contribution in [2.75, 3.05) is 19.8 Å². The summed E-state index contributed by atoms with van der Waals surface area (Å²) in [5.74, 6) is 0. The van der Waals surface area contributed by atoms with Crippen LogP contribution in [0, 0.1) is 0 Å². The first kappa shape index (κ1) is 12.7. The largest absolute Gasteiger partial charge is 0.399 e. The molecule has 2 nitrogen and oxygen atoms in total. The molecular weight excluding hydrogens is 220 g/mol. The highest BCUT2D eigenvalue weighted by Crippen LogP contribution is 2.18. The number of hydrogen-bond acceptors (Lipinski definition) is 2. The van der Waals surface area contributed by atoms with Crippen molar-refractivity contribution >= 4 is 5.69 Å². The molecule has 0 heterocycles. The molecule has 0 aliphatic carbocycles. The molecule has 0 spiro atoms. The molecule has 0 saturated carbocycles. The maximum atomic E-state index is 5.88. The summed E-state index contributed by atoms with van der Waals surface area (Å²) in [4.78, 5) is 2.17. The van der Waals surface area contributed by atoms with Gasteiger partial charge in [-0.05, 0) is 49.3 Å². The van der Waals surface area contributed by atoms with Crippen LogP contribution < -0.4 is 5.73 Å². The van der Waals surface area contributed by atoms with Gasteiger partial charge in [-0.15, -0.1) is 0 Å². The van der Waals surface area contributed by atoms with Gasteiger partial charge in [0.2, 0.25) is 0 Å². The van der Waals surface area contributed by atoms with E-state index in [0.29, 0.717) is 0 Å². The Labute approximate surface area is 109 Å². The quantitative estimate of drug-likeness (QED) is 0.833. The van der Waals surface area contributed by atoms with E-state index in [1.54, 1.807) is 0 Å². The van der Waals surface area contributed by atoms with Crippen LogP contribution in [0.25, 0.3) is 0 Å². The molecule has 0 amide bonds. The lowest BCUT2D eigenvalue weighted by Crippen LogP contribution is -2.13. The van der Waals surface area contributed by atoms with E-state index in [2.05, 4.69) is 55.4 Å². The topological polar surface area (TPSA) is 29.3 Å². The van der Waals surface area contributed by atoms with E-state index in [1.807, 2.05) is 12.1 Å². The van der Waals surface area contributed by atoms with Crippen molar-refractivity contribution in [3.63, 3.8) is 0 Å². The van der Waals surface area contributed by atoms with E-state index in [1.165, 1.54) is 16.7 Å². The molecule has 0 unspecified atom stereocenters. The van der Waals surface area contributed by atoms with Gasteiger partial charge in [-0.3, -0.25) is 0 Å². The van der Waals surface area contributed by atoms with Gasteiger partial charge in [-0.25, -0.2) is 0 Å². The summed E-state index contributed by atoms with van der Waals surface area (Å²) >= 11 is 0. The monoisotopic (exact) mass is 240 g/mol. The molecule has 0 bridgehead atoms. The van der Waals surface area contributed by atoms with Gasteiger partial charge in [0, 0.05) is 12.2 Å². The van der Waals surface area contributed by atoms with Gasteiger partial charge in [-0.2, -0.15) is 0 Å². The van der Waals surface area contributed by atoms with Crippen LogP contribution in [0.2, 0.25) is 0 Å². The summed E-state index contributed by atoms with van der Waals surface area (Å²) in [6.07, 6.45) is 0.963. The zero-order valence-corrected chi connectivity index (χ0v) is 11.1. The highest BCUT2D eigenvalue weighted by molar-refractivity contribution is 5.46. The van der Waals surface area contributed by atoms with E-state index in [0.717, 1.165) is 18.7 Å². The first-order valence-electron chi connectivity index (χ1n) is 6.21. The van der Waals surface area contributed by atoms with Crippen molar-refractivity contribution in [1.29, 1.82) is 0 Å². The number of benzene rings is 2. The summed E-state index contributed by atoms with van der Waals surface area (Å²) < 4.78 is 0. The number of hydrogen-bond donors (Lipinski definition) is 1. The Balaban J connectivity index is 2.26. The van der Waals surface area contributed by atoms with E-state index in [4.69, 9.17) is 5.73 Å². The van der Waals surface area contributed by atoms with Gasteiger partial charge in [-0.1, -0.05) is 36.4 Å². The highest BCUT2D eigenvalue weighted by atomic mass is 15.0. The van der Waals surface area contributed by atoms with Gasteiger partial charge < -0.3 is 10.6 Å². The zero-order valence-electron chi connectivity index (χ0n) is 11.1. The lowest BCUT2D eigenvalue weighted by Gasteiger charge is -2.15. The smallest absolute Gasteiger partial charge is 0.0317 e. The van der Waals surface area contributed by atoms with Crippen molar-refractivity contribution in [2.45, 2.75) is 13.0 Å². The number of nitrogen functional groups attached to an aromatic ring is 1. The standard InChI is InChI=1S/C16H20N2/c1-18(2)12-15-11-16(17)9-8-14(15)10-13-6-4-3-5-7-13/h3-9,11H,10,12,17H2,1-2H3. The van der Waals surface area contributed by atoms with E-state index in [-0.39, 0.29) is 0 Å². The average Bonchev–Trinajstić information content (AvgIpc) is 2.33. The normalized spacial score (nSPS) is 10.8. The molecular formula is C16H20N2. The highest BCUT2D eigenvalue weighted by Gasteiger charge is 2.05. The number of anilines is 1. The summed E-state index contributed by atoms with van der Waals surface area (Å²) in [5, 5.41) is 0. The molecule has 94 valence electrons. The van der Waals surface area contributed by atoms with Crippen LogP contribution in [0.4, 0.5) is 5.69 Å². The Morgan fingerprint density at radius 1 is 0.944 bits per heavy atom. The van der Waals surface area contributed by atoms with Crippen molar-refractivity contribution in [1.82, 2.24) is 4.90 Å². The minimum atomic E-state index is 0.837. The lowest BCUT2D eigenvalue weighted by molar-refractivity contribution is 0.401. The third kappa shape index (κ3) is 3.34. The molecule has 2 aromatic rings. The van der Waals surface area contributed by atoms with Crippen LogP contribution >= 0.6 is 0 Å². The number of nitrogens with zero attached hydrogens (tertiary/aromatic N) is 1. The second kappa shape index (κ2) is 5.69. The van der Waals surface area contributed by atoms with Crippen LogP contribution in [-0.2, 0) is 13.0 Å². The molecule has 2 rings (SSSR count). The maximum Gasteiger partial charge on any atom is 0.0317 e. The van der Waals surface area contributed by atoms with E-state index >= 15 is 0 Å². The first-order chi connectivity index (χ1) is 8.65. The van der Waals surface area contributed by atoms with Crippen LogP contribution in [0.1, 0.15) is 16.7 Å². The van der Waals surface area contributed by atoms with Gasteiger partial charge in [0.15, 0.2) is 0 Å². The molecule has 0 radical (unpaired) electrons. The fraction of sp³-hybridized carbons (Fsp3) is 0.250. The van der Waals surface area contributed by atoms with Crippen LogP contribution in [0.15, 0.2) is 48.5 Å². The molecule has 0 aliphatic heterocycles. The second-order valence-electron chi connectivity index (χ2n) is 4.93. The van der Waals surface area contributed by atoms with E-state index < -0.39 is 0 Å². The number of rotatable bonds is 4. The Bertz CT molecular complexity index is 504. The Morgan fingerprint density at radius 2 is 1.67 bits per heavy atom. The van der Waals surface area contributed by atoms with Crippen molar-refractivity contribution in [3.05, 3.63) is 65.2 Å². The molecule has 2 N–H and O–H groups in total. The lowest BCUT2D eigenvalue weighted by atomic mass is 9.99. The Morgan fingerprint density at radius 3 is 2.33 bits per heavy atom. The predicted molar refractivity (Wildman–Crippen MR) is 77.5 cm³/mol. The van der Waals surface area contributed by atoms with Gasteiger partial charge >= 0.3 is 0 Å². The second-order valence-corrected chi connectivity index (χ2v) is 4.93. The average molecular weight is 240 g/mol. The molecule has 0 saturated heterocycles. The summed E-state index contributed by atoms with van der Waals surface area (Å²) in [5.41, 5.74) is 10.7. The van der Waals surface area contributed by atoms with Crippen LogP contribution in [0.3, 0.4) is 0 Å². The van der Waals surface area contributed by atoms with Crippen LogP contribution in [0.5, 0.6) is 0 Å². The molecule has 18 heavy (non-hydrogen) atoms. The minimum absolute atomic E-state index is 0.837. The summed E-state index contributed by atoms with van der Waals surface area (Å²) in [7, 11) is 4.16. The van der Waals surface area contributed by atoms with Crippen molar-refractivity contribution < 1.29 is 0 Å². The zero-order chi connectivity index (χ0) is 13.0. The number of nitrogens with two attached hydrogens (primary N) is 1. The van der Waals surface area contributed by atoms with Gasteiger partial charge in [0.05, 0.1) is 0 Å². The van der Waals surface area contributed by atoms with Gasteiger partial charge in [0.1, 0.15) is 0 Å².